The smallest absolute Gasteiger partial charge is 0.289 e. The Morgan fingerprint density at radius 2 is 2.05 bits per heavy atom. The van der Waals surface area contributed by atoms with Crippen LogP contribution in [0.2, 0.25) is 5.22 Å². The molecule has 3 rings (SSSR count). The highest BCUT2D eigenvalue weighted by molar-refractivity contribution is 6.29. The molecule has 0 unspecified atom stereocenters. The first-order valence-electron chi connectivity index (χ1n) is 7.00. The predicted octanol–water partition coefficient (Wildman–Crippen LogP) is 2.54. The second kappa shape index (κ2) is 5.55. The maximum Gasteiger partial charge on any atom is 0.289 e. The van der Waals surface area contributed by atoms with Crippen LogP contribution in [0, 0.1) is 5.92 Å². The van der Waals surface area contributed by atoms with Gasteiger partial charge in [0, 0.05) is 19.1 Å². The largest absolute Gasteiger partial charge is 0.440 e. The zero-order valence-electron chi connectivity index (χ0n) is 10.9. The summed E-state index contributed by atoms with van der Waals surface area (Å²) in [5, 5.41) is 3.87. The van der Waals surface area contributed by atoms with Crippen LogP contribution in [0.1, 0.15) is 36.2 Å². The molecule has 1 N–H and O–H groups in total. The molecule has 2 heterocycles. The van der Waals surface area contributed by atoms with E-state index < -0.39 is 0 Å². The molecule has 104 valence electrons. The Morgan fingerprint density at radius 3 is 2.63 bits per heavy atom. The van der Waals surface area contributed by atoms with E-state index in [0.29, 0.717) is 11.8 Å². The fourth-order valence-corrected chi connectivity index (χ4v) is 2.67. The van der Waals surface area contributed by atoms with Crippen LogP contribution in [0.5, 0.6) is 0 Å². The van der Waals surface area contributed by atoms with Crippen LogP contribution < -0.4 is 5.32 Å². The van der Waals surface area contributed by atoms with Crippen molar-refractivity contribution in [2.75, 3.05) is 19.6 Å². The highest BCUT2D eigenvalue weighted by Crippen LogP contribution is 2.28. The topological polar surface area (TPSA) is 45.5 Å². The number of hydrogen-bond acceptors (Lipinski definition) is 3. The third-order valence-electron chi connectivity index (χ3n) is 3.96. The summed E-state index contributed by atoms with van der Waals surface area (Å²) in [6, 6.07) is 3.81. The maximum atomic E-state index is 12.1. The Bertz CT molecular complexity index is 448. The first-order chi connectivity index (χ1) is 9.22. The van der Waals surface area contributed by atoms with E-state index in [1.807, 2.05) is 4.90 Å². The highest BCUT2D eigenvalue weighted by atomic mass is 35.5. The molecule has 2 fully saturated rings. The quantitative estimate of drug-likeness (QED) is 0.923. The van der Waals surface area contributed by atoms with E-state index in [0.717, 1.165) is 38.4 Å². The van der Waals surface area contributed by atoms with Crippen LogP contribution in [-0.2, 0) is 0 Å². The fourth-order valence-electron chi connectivity index (χ4n) is 2.53. The monoisotopic (exact) mass is 282 g/mol. The molecule has 0 bridgehead atoms. The lowest BCUT2D eigenvalue weighted by Gasteiger charge is -2.32. The summed E-state index contributed by atoms with van der Waals surface area (Å²) in [7, 11) is 0. The van der Waals surface area contributed by atoms with E-state index in [-0.39, 0.29) is 11.1 Å². The van der Waals surface area contributed by atoms with Gasteiger partial charge in [-0.3, -0.25) is 4.79 Å². The molecule has 0 atom stereocenters. The van der Waals surface area contributed by atoms with Crippen LogP contribution in [0.4, 0.5) is 0 Å². The first kappa shape index (κ1) is 13.0. The average molecular weight is 283 g/mol. The van der Waals surface area contributed by atoms with Gasteiger partial charge < -0.3 is 14.6 Å². The number of likely N-dealkylation sites (tertiary alicyclic amines) is 1. The summed E-state index contributed by atoms with van der Waals surface area (Å²) >= 11 is 5.70. The minimum absolute atomic E-state index is 0.0486. The number of nitrogens with one attached hydrogen (secondary N) is 1. The molecule has 2 aliphatic rings. The van der Waals surface area contributed by atoms with E-state index >= 15 is 0 Å². The maximum absolute atomic E-state index is 12.1. The van der Waals surface area contributed by atoms with Gasteiger partial charge in [0.1, 0.15) is 0 Å². The normalized spacial score (nSPS) is 20.8. The lowest BCUT2D eigenvalue weighted by Crippen LogP contribution is -2.45. The standard InChI is InChI=1S/C14H19ClN2O2/c15-13-4-3-12(19-13)14(18)17-7-5-11(6-8-17)16-9-10-1-2-10/h3-4,10-11,16H,1-2,5-9H2. The Balaban J connectivity index is 1.47. The van der Waals surface area contributed by atoms with Crippen molar-refractivity contribution in [3.05, 3.63) is 23.1 Å². The molecule has 19 heavy (non-hydrogen) atoms. The van der Waals surface area contributed by atoms with E-state index in [9.17, 15) is 4.79 Å². The zero-order valence-corrected chi connectivity index (χ0v) is 11.7. The molecule has 1 aromatic rings. The number of furan rings is 1. The van der Waals surface area contributed by atoms with E-state index in [2.05, 4.69) is 5.32 Å². The molecule has 0 radical (unpaired) electrons. The van der Waals surface area contributed by atoms with E-state index in [1.165, 1.54) is 12.8 Å². The van der Waals surface area contributed by atoms with Gasteiger partial charge in [-0.05, 0) is 61.9 Å². The van der Waals surface area contributed by atoms with E-state index in [4.69, 9.17) is 16.0 Å². The molecule has 1 amide bonds. The molecule has 1 aliphatic heterocycles. The van der Waals surface area contributed by atoms with Gasteiger partial charge in [-0.15, -0.1) is 0 Å². The minimum Gasteiger partial charge on any atom is -0.440 e. The first-order valence-corrected chi connectivity index (χ1v) is 7.38. The van der Waals surface area contributed by atoms with E-state index in [1.54, 1.807) is 12.1 Å². The molecule has 0 spiro atoms. The summed E-state index contributed by atoms with van der Waals surface area (Å²) < 4.78 is 5.17. The lowest BCUT2D eigenvalue weighted by atomic mass is 10.0. The highest BCUT2D eigenvalue weighted by Gasteiger charge is 2.27. The molecule has 0 aromatic carbocycles. The van der Waals surface area contributed by atoms with Crippen molar-refractivity contribution in [1.82, 2.24) is 10.2 Å². The van der Waals surface area contributed by atoms with Crippen LogP contribution in [0.15, 0.2) is 16.5 Å². The Kier molecular flexibility index (Phi) is 3.80. The van der Waals surface area contributed by atoms with Crippen molar-refractivity contribution in [3.8, 4) is 0 Å². The Morgan fingerprint density at radius 1 is 1.32 bits per heavy atom. The number of nitrogens with zero attached hydrogens (tertiary/aromatic N) is 1. The van der Waals surface area contributed by atoms with Gasteiger partial charge in [0.2, 0.25) is 0 Å². The third kappa shape index (κ3) is 3.31. The van der Waals surface area contributed by atoms with Crippen molar-refractivity contribution >= 4 is 17.5 Å². The number of rotatable bonds is 4. The lowest BCUT2D eigenvalue weighted by molar-refractivity contribution is 0.0673. The summed E-state index contributed by atoms with van der Waals surface area (Å²) in [6.45, 7) is 2.73. The van der Waals surface area contributed by atoms with Crippen LogP contribution >= 0.6 is 11.6 Å². The molecule has 1 aromatic heterocycles. The van der Waals surface area contributed by atoms with Crippen molar-refractivity contribution in [3.63, 3.8) is 0 Å². The number of piperidine rings is 1. The number of halogens is 1. The predicted molar refractivity (Wildman–Crippen MR) is 73.4 cm³/mol. The molecule has 5 heteroatoms. The fraction of sp³-hybridized carbons (Fsp3) is 0.643. The van der Waals surface area contributed by atoms with Crippen molar-refractivity contribution in [2.24, 2.45) is 5.92 Å². The van der Waals surface area contributed by atoms with Gasteiger partial charge >= 0.3 is 0 Å². The summed E-state index contributed by atoms with van der Waals surface area (Å²) in [6.07, 6.45) is 4.80. The number of amides is 1. The third-order valence-corrected chi connectivity index (χ3v) is 4.16. The summed E-state index contributed by atoms with van der Waals surface area (Å²) in [5.74, 6) is 1.20. The van der Waals surface area contributed by atoms with Crippen LogP contribution in [0.25, 0.3) is 0 Å². The average Bonchev–Trinajstić information content (AvgIpc) is 3.17. The second-order valence-corrected chi connectivity index (χ2v) is 5.89. The van der Waals surface area contributed by atoms with Crippen LogP contribution in [0.3, 0.4) is 0 Å². The van der Waals surface area contributed by atoms with Gasteiger partial charge in [-0.1, -0.05) is 0 Å². The number of carbonyl (C=O) groups is 1. The Labute approximate surface area is 118 Å². The van der Waals surface area contributed by atoms with Crippen molar-refractivity contribution in [1.29, 1.82) is 0 Å². The molecule has 1 saturated carbocycles. The summed E-state index contributed by atoms with van der Waals surface area (Å²) in [5.41, 5.74) is 0. The molecule has 1 saturated heterocycles. The SMILES string of the molecule is O=C(c1ccc(Cl)o1)N1CCC(NCC2CC2)CC1. The van der Waals surface area contributed by atoms with Gasteiger partial charge in [0.15, 0.2) is 11.0 Å². The minimum atomic E-state index is -0.0486. The number of hydrogen-bond donors (Lipinski definition) is 1. The van der Waals surface area contributed by atoms with Gasteiger partial charge in [0.25, 0.3) is 5.91 Å². The van der Waals surface area contributed by atoms with Gasteiger partial charge in [-0.2, -0.15) is 0 Å². The molecular weight excluding hydrogens is 264 g/mol. The van der Waals surface area contributed by atoms with Gasteiger partial charge in [-0.25, -0.2) is 0 Å². The zero-order chi connectivity index (χ0) is 13.2. The second-order valence-electron chi connectivity index (χ2n) is 5.52. The van der Waals surface area contributed by atoms with Crippen molar-refractivity contribution < 1.29 is 9.21 Å². The van der Waals surface area contributed by atoms with Crippen LogP contribution in [-0.4, -0.2) is 36.5 Å². The Hall–Kier alpha value is -1.00. The molecule has 1 aliphatic carbocycles. The number of carbonyl (C=O) groups excluding carboxylic acids is 1. The molecular formula is C14H19ClN2O2. The van der Waals surface area contributed by atoms with Crippen molar-refractivity contribution in [2.45, 2.75) is 31.7 Å². The summed E-state index contributed by atoms with van der Waals surface area (Å²) in [4.78, 5) is 14.0. The van der Waals surface area contributed by atoms with Gasteiger partial charge in [0.05, 0.1) is 0 Å². The molecule has 4 nitrogen and oxygen atoms in total.